The standard InChI is InChI=1S/C11H17N5O2/c12-11(13)14-5-1-3-7-10(18)16-6-2-4-8(16)9(17)15-7/h4,7H,1-3,5-6H2,(H,15,17)(H4,12,13,14)/t7-/m0/s1. The smallest absolute Gasteiger partial charge is 0.268 e. The van der Waals surface area contributed by atoms with Gasteiger partial charge in [0, 0.05) is 13.1 Å². The van der Waals surface area contributed by atoms with Crippen LogP contribution in [0.4, 0.5) is 0 Å². The molecule has 7 nitrogen and oxygen atoms in total. The van der Waals surface area contributed by atoms with Crippen molar-refractivity contribution in [2.75, 3.05) is 13.1 Å². The summed E-state index contributed by atoms with van der Waals surface area (Å²) >= 11 is 0. The number of fused-ring (bicyclic) bond motifs is 1. The second-order valence-corrected chi connectivity index (χ2v) is 4.34. The fraction of sp³-hybridized carbons (Fsp3) is 0.545. The summed E-state index contributed by atoms with van der Waals surface area (Å²) in [7, 11) is 0. The molecule has 2 amide bonds. The zero-order valence-corrected chi connectivity index (χ0v) is 10.1. The van der Waals surface area contributed by atoms with Crippen LogP contribution < -0.4 is 16.8 Å². The quantitative estimate of drug-likeness (QED) is 0.326. The molecule has 0 unspecified atom stereocenters. The number of carbonyl (C=O) groups excluding carboxylic acids is 2. The minimum atomic E-state index is -0.457. The summed E-state index contributed by atoms with van der Waals surface area (Å²) in [6.07, 6.45) is 3.74. The number of piperazine rings is 1. The average Bonchev–Trinajstić information content (AvgIpc) is 2.80. The number of nitrogens with zero attached hydrogens (tertiary/aromatic N) is 2. The highest BCUT2D eigenvalue weighted by molar-refractivity contribution is 6.05. The van der Waals surface area contributed by atoms with Gasteiger partial charge in [-0.1, -0.05) is 6.08 Å². The summed E-state index contributed by atoms with van der Waals surface area (Å²) in [6.45, 7) is 1.07. The molecule has 5 N–H and O–H groups in total. The SMILES string of the molecule is NC(N)=NCCC[C@@H]1NC(=O)C2=CCCN2C1=O. The van der Waals surface area contributed by atoms with E-state index < -0.39 is 6.04 Å². The number of nitrogens with two attached hydrogens (primary N) is 2. The Morgan fingerprint density at radius 3 is 3.00 bits per heavy atom. The Bertz CT molecular complexity index is 425. The van der Waals surface area contributed by atoms with Crippen LogP contribution in [0.5, 0.6) is 0 Å². The maximum Gasteiger partial charge on any atom is 0.268 e. The molecule has 1 fully saturated rings. The lowest BCUT2D eigenvalue weighted by Gasteiger charge is -2.31. The van der Waals surface area contributed by atoms with Gasteiger partial charge in [-0.15, -0.1) is 0 Å². The van der Waals surface area contributed by atoms with Crippen molar-refractivity contribution in [2.24, 2.45) is 16.5 Å². The molecule has 1 atom stereocenters. The number of carbonyl (C=O) groups is 2. The van der Waals surface area contributed by atoms with Crippen LogP contribution in [0.2, 0.25) is 0 Å². The molecule has 0 aliphatic carbocycles. The first-order chi connectivity index (χ1) is 8.59. The van der Waals surface area contributed by atoms with Crippen LogP contribution in [0.1, 0.15) is 19.3 Å². The van der Waals surface area contributed by atoms with Crippen molar-refractivity contribution in [3.63, 3.8) is 0 Å². The molecule has 0 spiro atoms. The third-order valence-corrected chi connectivity index (χ3v) is 3.03. The summed E-state index contributed by atoms with van der Waals surface area (Å²) in [5.41, 5.74) is 10.9. The van der Waals surface area contributed by atoms with Crippen LogP contribution in [0.25, 0.3) is 0 Å². The van der Waals surface area contributed by atoms with Crippen molar-refractivity contribution in [1.82, 2.24) is 10.2 Å². The summed E-state index contributed by atoms with van der Waals surface area (Å²) in [6, 6.07) is -0.457. The van der Waals surface area contributed by atoms with Crippen LogP contribution in [0.3, 0.4) is 0 Å². The summed E-state index contributed by atoms with van der Waals surface area (Å²) < 4.78 is 0. The van der Waals surface area contributed by atoms with E-state index in [1.807, 2.05) is 0 Å². The van der Waals surface area contributed by atoms with E-state index in [9.17, 15) is 9.59 Å². The summed E-state index contributed by atoms with van der Waals surface area (Å²) in [4.78, 5) is 29.2. The molecule has 0 aromatic heterocycles. The lowest BCUT2D eigenvalue weighted by molar-refractivity contribution is -0.139. The molecule has 1 saturated heterocycles. The van der Waals surface area contributed by atoms with Crippen molar-refractivity contribution in [1.29, 1.82) is 0 Å². The highest BCUT2D eigenvalue weighted by atomic mass is 16.2. The molecule has 2 heterocycles. The van der Waals surface area contributed by atoms with Gasteiger partial charge in [0.1, 0.15) is 11.7 Å². The lowest BCUT2D eigenvalue weighted by Crippen LogP contribution is -2.55. The number of rotatable bonds is 4. The largest absolute Gasteiger partial charge is 0.370 e. The van der Waals surface area contributed by atoms with E-state index in [-0.39, 0.29) is 17.8 Å². The Hall–Kier alpha value is -2.05. The van der Waals surface area contributed by atoms with E-state index in [1.54, 1.807) is 11.0 Å². The maximum atomic E-state index is 12.1. The molecule has 2 aliphatic rings. The van der Waals surface area contributed by atoms with Crippen LogP contribution in [-0.2, 0) is 9.59 Å². The topological polar surface area (TPSA) is 114 Å². The molecule has 0 saturated carbocycles. The van der Waals surface area contributed by atoms with Crippen molar-refractivity contribution in [2.45, 2.75) is 25.3 Å². The number of aliphatic imine (C=N–C) groups is 1. The number of guanidine groups is 1. The van der Waals surface area contributed by atoms with Gasteiger partial charge >= 0.3 is 0 Å². The van der Waals surface area contributed by atoms with Crippen LogP contribution in [0, 0.1) is 0 Å². The number of hydrogen-bond donors (Lipinski definition) is 3. The molecule has 98 valence electrons. The van der Waals surface area contributed by atoms with Gasteiger partial charge in [-0.05, 0) is 19.3 Å². The Morgan fingerprint density at radius 1 is 1.50 bits per heavy atom. The Kier molecular flexibility index (Phi) is 3.50. The molecule has 0 aromatic carbocycles. The minimum Gasteiger partial charge on any atom is -0.370 e. The van der Waals surface area contributed by atoms with Crippen molar-refractivity contribution < 1.29 is 9.59 Å². The molecular weight excluding hydrogens is 234 g/mol. The van der Waals surface area contributed by atoms with Gasteiger partial charge in [0.15, 0.2) is 5.96 Å². The highest BCUT2D eigenvalue weighted by Gasteiger charge is 2.37. The molecule has 0 aromatic rings. The molecule has 2 aliphatic heterocycles. The van der Waals surface area contributed by atoms with Crippen molar-refractivity contribution >= 4 is 17.8 Å². The fourth-order valence-electron chi connectivity index (χ4n) is 2.19. The van der Waals surface area contributed by atoms with Crippen LogP contribution >= 0.6 is 0 Å². The summed E-state index contributed by atoms with van der Waals surface area (Å²) in [5.74, 6) is -0.166. The molecule has 18 heavy (non-hydrogen) atoms. The van der Waals surface area contributed by atoms with Gasteiger partial charge in [0.05, 0.1) is 0 Å². The average molecular weight is 251 g/mol. The number of hydrogen-bond acceptors (Lipinski definition) is 3. The Balaban J connectivity index is 1.90. The Morgan fingerprint density at radius 2 is 2.28 bits per heavy atom. The van der Waals surface area contributed by atoms with E-state index in [0.29, 0.717) is 31.6 Å². The molecule has 7 heteroatoms. The molecule has 0 bridgehead atoms. The monoisotopic (exact) mass is 251 g/mol. The first-order valence-electron chi connectivity index (χ1n) is 5.97. The molecular formula is C11H17N5O2. The third-order valence-electron chi connectivity index (χ3n) is 3.03. The molecule has 0 radical (unpaired) electrons. The zero-order chi connectivity index (χ0) is 13.1. The first kappa shape index (κ1) is 12.4. The highest BCUT2D eigenvalue weighted by Crippen LogP contribution is 2.21. The van der Waals surface area contributed by atoms with Gasteiger partial charge in [-0.3, -0.25) is 14.6 Å². The van der Waals surface area contributed by atoms with Gasteiger partial charge in [-0.25, -0.2) is 0 Å². The third kappa shape index (κ3) is 2.44. The molecule has 2 rings (SSSR count). The van der Waals surface area contributed by atoms with Gasteiger partial charge in [0.25, 0.3) is 5.91 Å². The fourth-order valence-corrected chi connectivity index (χ4v) is 2.19. The second-order valence-electron chi connectivity index (χ2n) is 4.34. The maximum absolute atomic E-state index is 12.1. The van der Waals surface area contributed by atoms with Gasteiger partial charge < -0.3 is 21.7 Å². The van der Waals surface area contributed by atoms with Gasteiger partial charge in [0.2, 0.25) is 5.91 Å². The van der Waals surface area contributed by atoms with E-state index in [1.165, 1.54) is 0 Å². The Labute approximate surface area is 105 Å². The predicted molar refractivity (Wildman–Crippen MR) is 66.3 cm³/mol. The normalized spacial score (nSPS) is 22.3. The van der Waals surface area contributed by atoms with E-state index >= 15 is 0 Å². The van der Waals surface area contributed by atoms with Crippen LogP contribution in [0.15, 0.2) is 16.8 Å². The summed E-state index contributed by atoms with van der Waals surface area (Å²) in [5, 5.41) is 2.72. The van der Waals surface area contributed by atoms with E-state index in [4.69, 9.17) is 11.5 Å². The van der Waals surface area contributed by atoms with Crippen molar-refractivity contribution in [3.05, 3.63) is 11.8 Å². The van der Waals surface area contributed by atoms with E-state index in [2.05, 4.69) is 10.3 Å². The van der Waals surface area contributed by atoms with Crippen LogP contribution in [-0.4, -0.2) is 41.8 Å². The van der Waals surface area contributed by atoms with E-state index in [0.717, 1.165) is 6.42 Å². The number of nitrogens with one attached hydrogen (secondary N) is 1. The predicted octanol–water partition coefficient (Wildman–Crippen LogP) is -1.35. The lowest BCUT2D eigenvalue weighted by atomic mass is 10.1. The van der Waals surface area contributed by atoms with Gasteiger partial charge in [-0.2, -0.15) is 0 Å². The van der Waals surface area contributed by atoms with Crippen molar-refractivity contribution in [3.8, 4) is 0 Å². The second kappa shape index (κ2) is 5.07. The number of amides is 2. The zero-order valence-electron chi connectivity index (χ0n) is 10.1. The minimum absolute atomic E-state index is 0.0388. The first-order valence-corrected chi connectivity index (χ1v) is 5.97.